The van der Waals surface area contributed by atoms with Crippen molar-refractivity contribution < 1.29 is 18.8 Å². The van der Waals surface area contributed by atoms with Crippen molar-refractivity contribution in [2.45, 2.75) is 31.6 Å². The molecule has 0 saturated carbocycles. The van der Waals surface area contributed by atoms with Crippen LogP contribution in [0, 0.1) is 0 Å². The molecule has 168 valence electrons. The van der Waals surface area contributed by atoms with E-state index in [0.29, 0.717) is 29.6 Å². The highest BCUT2D eigenvalue weighted by atomic mass is 16.5. The van der Waals surface area contributed by atoms with E-state index in [1.165, 1.54) is 0 Å². The Balaban J connectivity index is 1.27. The van der Waals surface area contributed by atoms with Crippen LogP contribution in [-0.2, 0) is 0 Å². The number of ether oxygens (including phenoxy) is 2. The number of Topliss-reactive ketones (excluding diaryl/α,β-unsaturated/α-hetero) is 1. The predicted octanol–water partition coefficient (Wildman–Crippen LogP) is 4.60. The zero-order valence-corrected chi connectivity index (χ0v) is 18.6. The van der Waals surface area contributed by atoms with Crippen molar-refractivity contribution in [1.82, 2.24) is 15.0 Å². The summed E-state index contributed by atoms with van der Waals surface area (Å²) in [5.74, 6) is 3.03. The summed E-state index contributed by atoms with van der Waals surface area (Å²) in [5.41, 5.74) is 1.63. The highest BCUT2D eigenvalue weighted by molar-refractivity contribution is 5.95. The summed E-state index contributed by atoms with van der Waals surface area (Å²) in [4.78, 5) is 19.3. The molecule has 0 radical (unpaired) electrons. The van der Waals surface area contributed by atoms with Gasteiger partial charge in [0.25, 0.3) is 0 Å². The van der Waals surface area contributed by atoms with Gasteiger partial charge in [-0.2, -0.15) is 4.98 Å². The molecule has 1 fully saturated rings. The van der Waals surface area contributed by atoms with Crippen LogP contribution in [0.1, 0.15) is 47.8 Å². The van der Waals surface area contributed by atoms with Gasteiger partial charge < -0.3 is 18.9 Å². The first-order valence-electron chi connectivity index (χ1n) is 11.0. The molecule has 0 bridgehead atoms. The molecule has 1 aliphatic rings. The Morgan fingerprint density at radius 3 is 2.53 bits per heavy atom. The number of rotatable bonds is 9. The molecule has 0 amide bonds. The van der Waals surface area contributed by atoms with E-state index in [1.54, 1.807) is 14.2 Å². The highest BCUT2D eigenvalue weighted by Crippen LogP contribution is 2.33. The lowest BCUT2D eigenvalue weighted by Gasteiger charge is -2.30. The Morgan fingerprint density at radius 2 is 1.81 bits per heavy atom. The number of nitrogens with zero attached hydrogens (tertiary/aromatic N) is 3. The number of piperidine rings is 1. The largest absolute Gasteiger partial charge is 0.493 e. The summed E-state index contributed by atoms with van der Waals surface area (Å²) >= 11 is 0. The van der Waals surface area contributed by atoms with Crippen LogP contribution in [0.2, 0.25) is 0 Å². The van der Waals surface area contributed by atoms with Gasteiger partial charge in [-0.15, -0.1) is 0 Å². The summed E-state index contributed by atoms with van der Waals surface area (Å²) in [6.45, 7) is 2.88. The van der Waals surface area contributed by atoms with E-state index >= 15 is 0 Å². The zero-order chi connectivity index (χ0) is 22.3. The number of carbonyl (C=O) groups is 1. The number of benzene rings is 2. The van der Waals surface area contributed by atoms with Crippen molar-refractivity contribution in [3.8, 4) is 22.9 Å². The van der Waals surface area contributed by atoms with Crippen molar-refractivity contribution in [2.75, 3.05) is 33.9 Å². The fraction of sp³-hybridized carbons (Fsp3) is 0.400. The Morgan fingerprint density at radius 1 is 1.06 bits per heavy atom. The number of methoxy groups -OCH3 is 2. The summed E-state index contributed by atoms with van der Waals surface area (Å²) < 4.78 is 16.2. The number of likely N-dealkylation sites (tertiary alicyclic amines) is 1. The standard InChI is InChI=1S/C25H29N3O4/c1-30-22-11-10-20(17-23(22)31-2)24-26-25(32-27-24)19-12-15-28(16-13-19)14-6-9-21(29)18-7-4-3-5-8-18/h3-5,7-8,10-11,17,19H,6,9,12-16H2,1-2H3. The smallest absolute Gasteiger partial charge is 0.230 e. The monoisotopic (exact) mass is 435 g/mol. The molecular weight excluding hydrogens is 406 g/mol. The first kappa shape index (κ1) is 22.0. The molecule has 32 heavy (non-hydrogen) atoms. The average Bonchev–Trinajstić information content (AvgIpc) is 3.35. The molecule has 7 heteroatoms. The first-order valence-corrected chi connectivity index (χ1v) is 11.0. The van der Waals surface area contributed by atoms with E-state index in [1.807, 2.05) is 48.5 Å². The van der Waals surface area contributed by atoms with Gasteiger partial charge in [-0.3, -0.25) is 4.79 Å². The molecule has 0 spiro atoms. The van der Waals surface area contributed by atoms with Crippen molar-refractivity contribution in [3.63, 3.8) is 0 Å². The summed E-state index contributed by atoms with van der Waals surface area (Å²) in [6, 6.07) is 15.1. The minimum absolute atomic E-state index is 0.217. The van der Waals surface area contributed by atoms with Crippen LogP contribution in [0.3, 0.4) is 0 Å². The maximum Gasteiger partial charge on any atom is 0.230 e. The lowest BCUT2D eigenvalue weighted by molar-refractivity contribution is 0.0971. The van der Waals surface area contributed by atoms with Crippen LogP contribution in [0.15, 0.2) is 53.1 Å². The second kappa shape index (κ2) is 10.4. The Hall–Kier alpha value is -3.19. The summed E-state index contributed by atoms with van der Waals surface area (Å²) in [7, 11) is 3.21. The second-order valence-corrected chi connectivity index (χ2v) is 8.03. The molecule has 2 aromatic carbocycles. The molecule has 1 aromatic heterocycles. The van der Waals surface area contributed by atoms with Crippen molar-refractivity contribution in [2.24, 2.45) is 0 Å². The maximum absolute atomic E-state index is 12.3. The van der Waals surface area contributed by atoms with E-state index in [9.17, 15) is 4.79 Å². The van der Waals surface area contributed by atoms with Crippen molar-refractivity contribution in [3.05, 3.63) is 60.0 Å². The molecule has 0 atom stereocenters. The average molecular weight is 436 g/mol. The second-order valence-electron chi connectivity index (χ2n) is 8.03. The zero-order valence-electron chi connectivity index (χ0n) is 18.6. The van der Waals surface area contributed by atoms with Gasteiger partial charge in [0.15, 0.2) is 17.3 Å². The van der Waals surface area contributed by atoms with E-state index in [2.05, 4.69) is 15.0 Å². The van der Waals surface area contributed by atoms with Crippen LogP contribution >= 0.6 is 0 Å². The summed E-state index contributed by atoms with van der Waals surface area (Å²) in [5, 5.41) is 4.18. The molecule has 0 unspecified atom stereocenters. The summed E-state index contributed by atoms with van der Waals surface area (Å²) in [6.07, 6.45) is 3.41. The number of hydrogen-bond acceptors (Lipinski definition) is 7. The van der Waals surface area contributed by atoms with Crippen molar-refractivity contribution >= 4 is 5.78 Å². The highest BCUT2D eigenvalue weighted by Gasteiger charge is 2.25. The van der Waals surface area contributed by atoms with Gasteiger partial charge in [-0.1, -0.05) is 35.5 Å². The first-order chi connectivity index (χ1) is 15.7. The Labute approximate surface area is 188 Å². The van der Waals surface area contributed by atoms with E-state index in [4.69, 9.17) is 14.0 Å². The molecule has 2 heterocycles. The van der Waals surface area contributed by atoms with E-state index < -0.39 is 0 Å². The maximum atomic E-state index is 12.3. The Kier molecular flexibility index (Phi) is 7.17. The molecular formula is C25H29N3O4. The molecule has 0 aliphatic carbocycles. The minimum Gasteiger partial charge on any atom is -0.493 e. The van der Waals surface area contributed by atoms with Gasteiger partial charge in [0.2, 0.25) is 11.7 Å². The lowest BCUT2D eigenvalue weighted by Crippen LogP contribution is -2.34. The predicted molar refractivity (Wildman–Crippen MR) is 121 cm³/mol. The lowest BCUT2D eigenvalue weighted by atomic mass is 9.96. The SMILES string of the molecule is COc1ccc(-c2noc(C3CCN(CCCC(=O)c4ccccc4)CC3)n2)cc1OC. The van der Waals surface area contributed by atoms with E-state index in [0.717, 1.165) is 50.0 Å². The third kappa shape index (κ3) is 5.16. The van der Waals surface area contributed by atoms with Gasteiger partial charge in [0, 0.05) is 23.5 Å². The van der Waals surface area contributed by atoms with Crippen LogP contribution in [0.5, 0.6) is 11.5 Å². The van der Waals surface area contributed by atoms with Crippen LogP contribution < -0.4 is 9.47 Å². The molecule has 0 N–H and O–H groups in total. The normalized spacial score (nSPS) is 14.9. The van der Waals surface area contributed by atoms with Crippen LogP contribution in [-0.4, -0.2) is 54.7 Å². The quantitative estimate of drug-likeness (QED) is 0.455. The number of carbonyl (C=O) groups excluding carboxylic acids is 1. The molecule has 4 rings (SSSR count). The molecule has 7 nitrogen and oxygen atoms in total. The number of hydrogen-bond donors (Lipinski definition) is 0. The fourth-order valence-corrected chi connectivity index (χ4v) is 4.13. The number of ketones is 1. The third-order valence-electron chi connectivity index (χ3n) is 5.99. The number of aromatic nitrogens is 2. The van der Waals surface area contributed by atoms with Gasteiger partial charge >= 0.3 is 0 Å². The minimum atomic E-state index is 0.217. The van der Waals surface area contributed by atoms with Gasteiger partial charge in [-0.25, -0.2) is 0 Å². The van der Waals surface area contributed by atoms with Gasteiger partial charge in [0.1, 0.15) is 0 Å². The van der Waals surface area contributed by atoms with Crippen molar-refractivity contribution in [1.29, 1.82) is 0 Å². The van der Waals surface area contributed by atoms with Crippen LogP contribution in [0.4, 0.5) is 0 Å². The van der Waals surface area contributed by atoms with E-state index in [-0.39, 0.29) is 11.7 Å². The topological polar surface area (TPSA) is 77.7 Å². The third-order valence-corrected chi connectivity index (χ3v) is 5.99. The van der Waals surface area contributed by atoms with Gasteiger partial charge in [-0.05, 0) is 57.1 Å². The molecule has 1 aliphatic heterocycles. The molecule has 1 saturated heterocycles. The van der Waals surface area contributed by atoms with Crippen LogP contribution in [0.25, 0.3) is 11.4 Å². The fourth-order valence-electron chi connectivity index (χ4n) is 4.13. The van der Waals surface area contributed by atoms with Gasteiger partial charge in [0.05, 0.1) is 14.2 Å². The Bertz CT molecular complexity index is 1030. The molecule has 3 aromatic rings.